The summed E-state index contributed by atoms with van der Waals surface area (Å²) in [6, 6.07) is 5.96. The largest absolute Gasteiger partial charge is 0.492 e. The van der Waals surface area contributed by atoms with E-state index in [9.17, 15) is 0 Å². The number of hydrogen-bond acceptors (Lipinski definition) is 1. The van der Waals surface area contributed by atoms with Crippen LogP contribution in [-0.4, -0.2) is 6.61 Å². The molecule has 78 valence electrons. The molecule has 0 aliphatic rings. The Kier molecular flexibility index (Phi) is 3.43. The van der Waals surface area contributed by atoms with E-state index in [4.69, 9.17) is 16.3 Å². The Morgan fingerprint density at radius 3 is 2.43 bits per heavy atom. The second-order valence-corrected chi connectivity index (χ2v) is 4.74. The first kappa shape index (κ1) is 11.4. The zero-order valence-electron chi connectivity index (χ0n) is 9.23. The van der Waals surface area contributed by atoms with E-state index in [1.54, 1.807) is 0 Å². The maximum Gasteiger partial charge on any atom is 0.138 e. The summed E-state index contributed by atoms with van der Waals surface area (Å²) >= 11 is 6.00. The van der Waals surface area contributed by atoms with Gasteiger partial charge in [0.05, 0.1) is 11.6 Å². The fraction of sp³-hybridized carbons (Fsp3) is 0.500. The summed E-state index contributed by atoms with van der Waals surface area (Å²) in [7, 11) is 0. The first-order chi connectivity index (χ1) is 6.45. The van der Waals surface area contributed by atoms with Gasteiger partial charge in [-0.05, 0) is 30.0 Å². The van der Waals surface area contributed by atoms with Gasteiger partial charge in [-0.2, -0.15) is 0 Å². The van der Waals surface area contributed by atoms with Crippen molar-refractivity contribution in [2.24, 2.45) is 0 Å². The van der Waals surface area contributed by atoms with Crippen molar-refractivity contribution in [2.45, 2.75) is 33.1 Å². The highest BCUT2D eigenvalue weighted by Crippen LogP contribution is 2.31. The lowest BCUT2D eigenvalue weighted by Gasteiger charge is -2.20. The van der Waals surface area contributed by atoms with E-state index in [0.717, 1.165) is 5.75 Å². The minimum atomic E-state index is 0.135. The normalized spacial score (nSPS) is 11.5. The predicted molar refractivity (Wildman–Crippen MR) is 61.3 cm³/mol. The fourth-order valence-electron chi connectivity index (χ4n) is 1.24. The smallest absolute Gasteiger partial charge is 0.138 e. The van der Waals surface area contributed by atoms with Crippen molar-refractivity contribution in [3.63, 3.8) is 0 Å². The molecule has 1 nitrogen and oxygen atoms in total. The molecule has 0 unspecified atom stereocenters. The first-order valence-corrected chi connectivity index (χ1v) is 5.25. The summed E-state index contributed by atoms with van der Waals surface area (Å²) in [4.78, 5) is 0. The van der Waals surface area contributed by atoms with Crippen LogP contribution in [0.15, 0.2) is 18.2 Å². The van der Waals surface area contributed by atoms with Gasteiger partial charge in [-0.15, -0.1) is 0 Å². The van der Waals surface area contributed by atoms with E-state index in [-0.39, 0.29) is 5.41 Å². The van der Waals surface area contributed by atoms with E-state index in [1.165, 1.54) is 5.56 Å². The molecule has 2 heteroatoms. The lowest BCUT2D eigenvalue weighted by Crippen LogP contribution is -2.11. The molecule has 1 rings (SSSR count). The second-order valence-electron chi connectivity index (χ2n) is 4.33. The Hall–Kier alpha value is -0.690. The van der Waals surface area contributed by atoms with E-state index in [0.29, 0.717) is 11.6 Å². The number of hydrogen-bond donors (Lipinski definition) is 0. The molecule has 0 amide bonds. The van der Waals surface area contributed by atoms with Crippen LogP contribution in [0.25, 0.3) is 0 Å². The van der Waals surface area contributed by atoms with Crippen LogP contribution in [0.2, 0.25) is 5.02 Å². The molecule has 0 atom stereocenters. The molecule has 1 aromatic rings. The first-order valence-electron chi connectivity index (χ1n) is 4.88. The highest BCUT2D eigenvalue weighted by molar-refractivity contribution is 6.32. The molecule has 0 aliphatic carbocycles. The molecule has 0 spiro atoms. The van der Waals surface area contributed by atoms with Crippen LogP contribution in [0, 0.1) is 0 Å². The summed E-state index contributed by atoms with van der Waals surface area (Å²) in [6.07, 6.45) is 0. The lowest BCUT2D eigenvalue weighted by atomic mass is 9.87. The van der Waals surface area contributed by atoms with Gasteiger partial charge in [-0.1, -0.05) is 38.4 Å². The fourth-order valence-corrected chi connectivity index (χ4v) is 1.41. The SMILES string of the molecule is CCOc1cc(C(C)(C)C)ccc1Cl. The molecule has 14 heavy (non-hydrogen) atoms. The van der Waals surface area contributed by atoms with Crippen molar-refractivity contribution in [1.82, 2.24) is 0 Å². The maximum absolute atomic E-state index is 6.00. The lowest BCUT2D eigenvalue weighted by molar-refractivity contribution is 0.339. The minimum absolute atomic E-state index is 0.135. The minimum Gasteiger partial charge on any atom is -0.492 e. The molecule has 0 fully saturated rings. The van der Waals surface area contributed by atoms with Gasteiger partial charge in [-0.25, -0.2) is 0 Å². The quantitative estimate of drug-likeness (QED) is 0.719. The van der Waals surface area contributed by atoms with E-state index in [2.05, 4.69) is 20.8 Å². The van der Waals surface area contributed by atoms with Gasteiger partial charge in [0.2, 0.25) is 0 Å². The number of rotatable bonds is 2. The highest BCUT2D eigenvalue weighted by atomic mass is 35.5. The molecule has 0 aliphatic heterocycles. The second kappa shape index (κ2) is 4.22. The van der Waals surface area contributed by atoms with Gasteiger partial charge in [-0.3, -0.25) is 0 Å². The zero-order valence-corrected chi connectivity index (χ0v) is 9.98. The molecular weight excluding hydrogens is 196 g/mol. The van der Waals surface area contributed by atoms with Crippen molar-refractivity contribution < 1.29 is 4.74 Å². The molecule has 0 bridgehead atoms. The molecule has 0 saturated heterocycles. The Morgan fingerprint density at radius 1 is 1.29 bits per heavy atom. The summed E-state index contributed by atoms with van der Waals surface area (Å²) in [5.74, 6) is 0.779. The van der Waals surface area contributed by atoms with E-state index in [1.807, 2.05) is 25.1 Å². The van der Waals surface area contributed by atoms with Gasteiger partial charge >= 0.3 is 0 Å². The maximum atomic E-state index is 6.00. The molecule has 1 aromatic carbocycles. The number of ether oxygens (including phenoxy) is 1. The van der Waals surface area contributed by atoms with Crippen molar-refractivity contribution in [3.8, 4) is 5.75 Å². The third-order valence-corrected chi connectivity index (χ3v) is 2.41. The third-order valence-electron chi connectivity index (χ3n) is 2.10. The van der Waals surface area contributed by atoms with Crippen LogP contribution in [-0.2, 0) is 5.41 Å². The van der Waals surface area contributed by atoms with Gasteiger partial charge in [0.15, 0.2) is 0 Å². The molecule has 0 radical (unpaired) electrons. The highest BCUT2D eigenvalue weighted by Gasteiger charge is 2.15. The van der Waals surface area contributed by atoms with Gasteiger partial charge in [0.25, 0.3) is 0 Å². The van der Waals surface area contributed by atoms with E-state index >= 15 is 0 Å². The Labute approximate surface area is 91.0 Å². The monoisotopic (exact) mass is 212 g/mol. The molecule has 0 N–H and O–H groups in total. The van der Waals surface area contributed by atoms with Crippen LogP contribution >= 0.6 is 11.6 Å². The van der Waals surface area contributed by atoms with Crippen molar-refractivity contribution in [2.75, 3.05) is 6.61 Å². The van der Waals surface area contributed by atoms with Crippen molar-refractivity contribution >= 4 is 11.6 Å². The number of halogens is 1. The molecule has 0 heterocycles. The summed E-state index contributed by atoms with van der Waals surface area (Å²) in [6.45, 7) is 9.12. The van der Waals surface area contributed by atoms with Gasteiger partial charge in [0.1, 0.15) is 5.75 Å². The van der Waals surface area contributed by atoms with Crippen LogP contribution in [0.4, 0.5) is 0 Å². The molecule has 0 aromatic heterocycles. The third kappa shape index (κ3) is 2.65. The van der Waals surface area contributed by atoms with Crippen molar-refractivity contribution in [1.29, 1.82) is 0 Å². The average Bonchev–Trinajstić information content (AvgIpc) is 2.07. The van der Waals surface area contributed by atoms with Gasteiger partial charge < -0.3 is 4.74 Å². The summed E-state index contributed by atoms with van der Waals surface area (Å²) < 4.78 is 5.44. The predicted octanol–water partition coefficient (Wildman–Crippen LogP) is 4.04. The Balaban J connectivity index is 3.06. The number of benzene rings is 1. The topological polar surface area (TPSA) is 9.23 Å². The van der Waals surface area contributed by atoms with Crippen LogP contribution in [0.3, 0.4) is 0 Å². The zero-order chi connectivity index (χ0) is 10.8. The van der Waals surface area contributed by atoms with Crippen LogP contribution in [0.5, 0.6) is 5.75 Å². The van der Waals surface area contributed by atoms with Crippen LogP contribution < -0.4 is 4.74 Å². The van der Waals surface area contributed by atoms with Crippen molar-refractivity contribution in [3.05, 3.63) is 28.8 Å². The summed E-state index contributed by atoms with van der Waals surface area (Å²) in [5, 5.41) is 0.680. The molecular formula is C12H17ClO. The average molecular weight is 213 g/mol. The standard InChI is InChI=1S/C12H17ClO/c1-5-14-11-8-9(12(2,3)4)6-7-10(11)13/h6-8H,5H2,1-4H3. The molecule has 0 saturated carbocycles. The Bertz CT molecular complexity index is 313. The summed E-state index contributed by atoms with van der Waals surface area (Å²) in [5.41, 5.74) is 1.38. The van der Waals surface area contributed by atoms with E-state index < -0.39 is 0 Å². The Morgan fingerprint density at radius 2 is 1.93 bits per heavy atom. The van der Waals surface area contributed by atoms with Gasteiger partial charge in [0, 0.05) is 0 Å². The van der Waals surface area contributed by atoms with Crippen LogP contribution in [0.1, 0.15) is 33.3 Å².